The third-order valence-corrected chi connectivity index (χ3v) is 2.11. The molecule has 0 bridgehead atoms. The number of carbonyl (C=O) groups is 1. The minimum Gasteiger partial charge on any atom is -0.359 e. The molecule has 1 heterocycles. The summed E-state index contributed by atoms with van der Waals surface area (Å²) >= 11 is 0. The van der Waals surface area contributed by atoms with Gasteiger partial charge >= 0.3 is 0 Å². The number of benzene rings is 1. The number of hydrogen-bond acceptors (Lipinski definition) is 4. The minimum absolute atomic E-state index is 0.609. The van der Waals surface area contributed by atoms with E-state index in [4.69, 9.17) is 4.52 Å². The van der Waals surface area contributed by atoms with Crippen LogP contribution in [0.15, 0.2) is 35.0 Å². The number of rotatable bonds is 3. The molecule has 0 aliphatic rings. The molecule has 0 aliphatic carbocycles. The number of para-hydroxylation sites is 1. The minimum atomic E-state index is 0.609. The summed E-state index contributed by atoms with van der Waals surface area (Å²) in [6.45, 7) is 1.80. The van der Waals surface area contributed by atoms with Crippen LogP contribution < -0.4 is 5.32 Å². The van der Waals surface area contributed by atoms with Crippen LogP contribution >= 0.6 is 0 Å². The number of aryl methyl sites for hydroxylation is 1. The molecule has 0 saturated heterocycles. The average molecular weight is 202 g/mol. The Morgan fingerprint density at radius 2 is 2.13 bits per heavy atom. The Balaban J connectivity index is 2.32. The molecule has 4 heteroatoms. The van der Waals surface area contributed by atoms with E-state index in [1.807, 2.05) is 18.2 Å². The predicted molar refractivity (Wildman–Crippen MR) is 56.4 cm³/mol. The molecule has 2 aromatic rings. The fraction of sp³-hybridized carbons (Fsp3) is 0.0909. The molecule has 4 nitrogen and oxygen atoms in total. The SMILES string of the molecule is Cc1oncc1Nc1ccccc1C=O. The number of aldehydes is 1. The Morgan fingerprint density at radius 3 is 2.80 bits per heavy atom. The van der Waals surface area contributed by atoms with Crippen molar-refractivity contribution in [2.75, 3.05) is 5.32 Å². The van der Waals surface area contributed by atoms with E-state index in [-0.39, 0.29) is 0 Å². The first-order valence-corrected chi connectivity index (χ1v) is 4.54. The highest BCUT2D eigenvalue weighted by Gasteiger charge is 2.05. The van der Waals surface area contributed by atoms with E-state index in [2.05, 4.69) is 10.5 Å². The summed E-state index contributed by atoms with van der Waals surface area (Å²) in [5, 5.41) is 6.73. The van der Waals surface area contributed by atoms with Crippen LogP contribution in [0.3, 0.4) is 0 Å². The maximum absolute atomic E-state index is 10.8. The first-order valence-electron chi connectivity index (χ1n) is 4.54. The number of aromatic nitrogens is 1. The lowest BCUT2D eigenvalue weighted by atomic mass is 10.2. The van der Waals surface area contributed by atoms with Crippen LogP contribution in [0.5, 0.6) is 0 Å². The van der Waals surface area contributed by atoms with E-state index in [1.54, 1.807) is 19.2 Å². The molecule has 15 heavy (non-hydrogen) atoms. The average Bonchev–Trinajstić information content (AvgIpc) is 2.65. The summed E-state index contributed by atoms with van der Waals surface area (Å²) in [6, 6.07) is 7.25. The number of anilines is 2. The molecule has 1 N–H and O–H groups in total. The Morgan fingerprint density at radius 1 is 1.33 bits per heavy atom. The topological polar surface area (TPSA) is 55.1 Å². The molecule has 0 fully saturated rings. The highest BCUT2D eigenvalue weighted by atomic mass is 16.5. The Bertz CT molecular complexity index is 477. The standard InChI is InChI=1S/C11H10N2O2/c1-8-11(6-12-15-8)13-10-5-3-2-4-9(10)7-14/h2-7,13H,1H3. The molecule has 2 rings (SSSR count). The van der Waals surface area contributed by atoms with Crippen molar-refractivity contribution >= 4 is 17.7 Å². The van der Waals surface area contributed by atoms with Crippen molar-refractivity contribution in [2.24, 2.45) is 0 Å². The van der Waals surface area contributed by atoms with Gasteiger partial charge in [0.1, 0.15) is 5.69 Å². The fourth-order valence-electron chi connectivity index (χ4n) is 1.28. The van der Waals surface area contributed by atoms with E-state index >= 15 is 0 Å². The molecule has 0 amide bonds. The lowest BCUT2D eigenvalue weighted by Gasteiger charge is -2.05. The van der Waals surface area contributed by atoms with Crippen LogP contribution in [-0.4, -0.2) is 11.4 Å². The maximum Gasteiger partial charge on any atom is 0.157 e. The summed E-state index contributed by atoms with van der Waals surface area (Å²) in [7, 11) is 0. The molecule has 1 aromatic heterocycles. The summed E-state index contributed by atoms with van der Waals surface area (Å²) in [4.78, 5) is 10.8. The Hall–Kier alpha value is -2.10. The Kier molecular flexibility index (Phi) is 2.49. The number of nitrogens with zero attached hydrogens (tertiary/aromatic N) is 1. The molecule has 1 aromatic carbocycles. The molecule has 0 radical (unpaired) electrons. The van der Waals surface area contributed by atoms with Crippen LogP contribution in [0.2, 0.25) is 0 Å². The van der Waals surface area contributed by atoms with Gasteiger partial charge in [0.15, 0.2) is 12.0 Å². The van der Waals surface area contributed by atoms with Gasteiger partial charge in [0.25, 0.3) is 0 Å². The molecule has 0 spiro atoms. The smallest absolute Gasteiger partial charge is 0.157 e. The molecule has 76 valence electrons. The molecular weight excluding hydrogens is 192 g/mol. The van der Waals surface area contributed by atoms with Gasteiger partial charge in [-0.15, -0.1) is 0 Å². The van der Waals surface area contributed by atoms with E-state index in [1.165, 1.54) is 0 Å². The van der Waals surface area contributed by atoms with E-state index in [0.29, 0.717) is 11.3 Å². The third-order valence-electron chi connectivity index (χ3n) is 2.11. The van der Waals surface area contributed by atoms with E-state index in [0.717, 1.165) is 17.7 Å². The molecular formula is C11H10N2O2. The lowest BCUT2D eigenvalue weighted by molar-refractivity contribution is 0.112. The van der Waals surface area contributed by atoms with Crippen molar-refractivity contribution in [3.05, 3.63) is 41.8 Å². The maximum atomic E-state index is 10.8. The quantitative estimate of drug-likeness (QED) is 0.777. The van der Waals surface area contributed by atoms with Crippen LogP contribution in [0.1, 0.15) is 16.1 Å². The van der Waals surface area contributed by atoms with Crippen LogP contribution in [-0.2, 0) is 0 Å². The second-order valence-electron chi connectivity index (χ2n) is 3.13. The highest BCUT2D eigenvalue weighted by Crippen LogP contribution is 2.21. The summed E-state index contributed by atoms with van der Waals surface area (Å²) in [5.41, 5.74) is 2.13. The van der Waals surface area contributed by atoms with Gasteiger partial charge in [-0.25, -0.2) is 0 Å². The zero-order chi connectivity index (χ0) is 10.7. The van der Waals surface area contributed by atoms with Crippen molar-refractivity contribution in [3.63, 3.8) is 0 Å². The van der Waals surface area contributed by atoms with Crippen molar-refractivity contribution < 1.29 is 9.32 Å². The van der Waals surface area contributed by atoms with Gasteiger partial charge in [0, 0.05) is 11.3 Å². The zero-order valence-electron chi connectivity index (χ0n) is 8.23. The lowest BCUT2D eigenvalue weighted by Crippen LogP contribution is -1.94. The van der Waals surface area contributed by atoms with E-state index in [9.17, 15) is 4.79 Å². The van der Waals surface area contributed by atoms with Crippen LogP contribution in [0.25, 0.3) is 0 Å². The monoisotopic (exact) mass is 202 g/mol. The van der Waals surface area contributed by atoms with Gasteiger partial charge in [-0.1, -0.05) is 17.3 Å². The normalized spacial score (nSPS) is 9.93. The summed E-state index contributed by atoms with van der Waals surface area (Å²) in [6.07, 6.45) is 2.39. The third kappa shape index (κ3) is 1.88. The molecule has 0 atom stereocenters. The van der Waals surface area contributed by atoms with Gasteiger partial charge < -0.3 is 9.84 Å². The number of carbonyl (C=O) groups excluding carboxylic acids is 1. The largest absolute Gasteiger partial charge is 0.359 e. The van der Waals surface area contributed by atoms with E-state index < -0.39 is 0 Å². The zero-order valence-corrected chi connectivity index (χ0v) is 8.23. The van der Waals surface area contributed by atoms with Crippen molar-refractivity contribution in [1.82, 2.24) is 5.16 Å². The fourth-order valence-corrected chi connectivity index (χ4v) is 1.28. The van der Waals surface area contributed by atoms with Crippen molar-refractivity contribution in [3.8, 4) is 0 Å². The predicted octanol–water partition coefficient (Wildman–Crippen LogP) is 2.54. The molecule has 0 saturated carbocycles. The first-order chi connectivity index (χ1) is 7.31. The van der Waals surface area contributed by atoms with Gasteiger partial charge in [0.05, 0.1) is 6.20 Å². The second kappa shape index (κ2) is 3.96. The first kappa shape index (κ1) is 9.45. The second-order valence-corrected chi connectivity index (χ2v) is 3.13. The molecule has 0 unspecified atom stereocenters. The molecule has 0 aliphatic heterocycles. The van der Waals surface area contributed by atoms with Gasteiger partial charge in [-0.2, -0.15) is 0 Å². The summed E-state index contributed by atoms with van der Waals surface area (Å²) < 4.78 is 4.91. The summed E-state index contributed by atoms with van der Waals surface area (Å²) in [5.74, 6) is 0.690. The van der Waals surface area contributed by atoms with Crippen LogP contribution in [0, 0.1) is 6.92 Å². The number of nitrogens with one attached hydrogen (secondary N) is 1. The van der Waals surface area contributed by atoms with Crippen LogP contribution in [0.4, 0.5) is 11.4 Å². The van der Waals surface area contributed by atoms with Crippen molar-refractivity contribution in [2.45, 2.75) is 6.92 Å². The van der Waals surface area contributed by atoms with Gasteiger partial charge in [0.2, 0.25) is 0 Å². The van der Waals surface area contributed by atoms with Gasteiger partial charge in [-0.05, 0) is 19.1 Å². The Labute approximate surface area is 86.9 Å². The van der Waals surface area contributed by atoms with Gasteiger partial charge in [-0.3, -0.25) is 4.79 Å². The number of hydrogen-bond donors (Lipinski definition) is 1. The van der Waals surface area contributed by atoms with Crippen molar-refractivity contribution in [1.29, 1.82) is 0 Å². The highest BCUT2D eigenvalue weighted by molar-refractivity contribution is 5.85.